The summed E-state index contributed by atoms with van der Waals surface area (Å²) in [5.74, 6) is 1.37. The lowest BCUT2D eigenvalue weighted by atomic mass is 10.1. The van der Waals surface area contributed by atoms with Crippen LogP contribution < -0.4 is 15.0 Å². The minimum atomic E-state index is -0.0867. The van der Waals surface area contributed by atoms with Crippen LogP contribution in [0.4, 0.5) is 0 Å². The highest BCUT2D eigenvalue weighted by atomic mass is 16.6. The molecule has 0 N–H and O–H groups in total. The van der Waals surface area contributed by atoms with Crippen LogP contribution in [0, 0.1) is 0 Å². The second-order valence-corrected chi connectivity index (χ2v) is 8.90. The van der Waals surface area contributed by atoms with Gasteiger partial charge in [0.1, 0.15) is 24.1 Å². The van der Waals surface area contributed by atoms with Gasteiger partial charge in [0.15, 0.2) is 22.8 Å². The van der Waals surface area contributed by atoms with E-state index in [1.807, 2.05) is 47.0 Å². The van der Waals surface area contributed by atoms with E-state index < -0.39 is 0 Å². The third-order valence-electron chi connectivity index (χ3n) is 6.52. The van der Waals surface area contributed by atoms with Crippen molar-refractivity contribution in [2.75, 3.05) is 13.2 Å². The molecule has 0 fully saturated rings. The number of para-hydroxylation sites is 2. The molecule has 1 aliphatic heterocycles. The zero-order valence-corrected chi connectivity index (χ0v) is 19.7. The number of fused-ring (bicyclic) bond motifs is 5. The van der Waals surface area contributed by atoms with Crippen molar-refractivity contribution >= 4 is 33.2 Å². The number of unbranched alkanes of at least 4 members (excludes halogenated alkanes) is 4. The van der Waals surface area contributed by atoms with E-state index in [0.29, 0.717) is 53.5 Å². The third kappa shape index (κ3) is 3.79. The molecule has 0 amide bonds. The van der Waals surface area contributed by atoms with Crippen LogP contribution in [0.3, 0.4) is 0 Å². The Labute approximate surface area is 202 Å². The molecule has 1 aliphatic rings. The largest absolute Gasteiger partial charge is 0.486 e. The minimum absolute atomic E-state index is 0.0867. The van der Waals surface area contributed by atoms with E-state index in [1.165, 1.54) is 19.3 Å². The fraction of sp³-hybridized carbons (Fsp3) is 0.333. The van der Waals surface area contributed by atoms with Gasteiger partial charge in [-0.1, -0.05) is 44.7 Å². The van der Waals surface area contributed by atoms with Gasteiger partial charge < -0.3 is 9.47 Å². The van der Waals surface area contributed by atoms with Crippen LogP contribution in [-0.2, 0) is 6.54 Å². The van der Waals surface area contributed by atoms with Crippen LogP contribution >= 0.6 is 0 Å². The number of rotatable bonds is 7. The molecule has 0 aliphatic carbocycles. The van der Waals surface area contributed by atoms with Gasteiger partial charge in [-0.25, -0.2) is 15.0 Å². The maximum atomic E-state index is 13.7. The first-order valence-corrected chi connectivity index (χ1v) is 12.3. The van der Waals surface area contributed by atoms with E-state index >= 15 is 0 Å². The summed E-state index contributed by atoms with van der Waals surface area (Å²) in [7, 11) is 0. The van der Waals surface area contributed by atoms with Crippen molar-refractivity contribution in [3.8, 4) is 17.2 Å². The Morgan fingerprint density at radius 2 is 1.66 bits per heavy atom. The monoisotopic (exact) mass is 469 g/mol. The molecule has 2 aromatic carbocycles. The van der Waals surface area contributed by atoms with Crippen molar-refractivity contribution in [3.63, 3.8) is 0 Å². The van der Waals surface area contributed by atoms with E-state index in [4.69, 9.17) is 24.4 Å². The van der Waals surface area contributed by atoms with Gasteiger partial charge in [-0.05, 0) is 30.7 Å². The molecule has 0 unspecified atom stereocenters. The van der Waals surface area contributed by atoms with Gasteiger partial charge in [-0.2, -0.15) is 0 Å². The lowest BCUT2D eigenvalue weighted by Crippen LogP contribution is -2.21. The van der Waals surface area contributed by atoms with Crippen molar-refractivity contribution < 1.29 is 9.47 Å². The van der Waals surface area contributed by atoms with Crippen molar-refractivity contribution in [3.05, 3.63) is 59.1 Å². The van der Waals surface area contributed by atoms with Gasteiger partial charge in [0.25, 0.3) is 5.56 Å². The Morgan fingerprint density at radius 3 is 2.49 bits per heavy atom. The molecule has 35 heavy (non-hydrogen) atoms. The second-order valence-electron chi connectivity index (χ2n) is 8.90. The van der Waals surface area contributed by atoms with Crippen LogP contribution in [0.5, 0.6) is 11.5 Å². The van der Waals surface area contributed by atoms with Crippen molar-refractivity contribution in [2.24, 2.45) is 0 Å². The summed E-state index contributed by atoms with van der Waals surface area (Å²) in [6.45, 7) is 3.86. The van der Waals surface area contributed by atoms with Crippen LogP contribution in [0.15, 0.2) is 53.6 Å². The van der Waals surface area contributed by atoms with Gasteiger partial charge >= 0.3 is 0 Å². The van der Waals surface area contributed by atoms with E-state index in [9.17, 15) is 4.79 Å². The quantitative estimate of drug-likeness (QED) is 0.311. The Hall–Kier alpha value is -3.94. The topological polar surface area (TPSA) is 84.1 Å². The predicted octanol–water partition coefficient (Wildman–Crippen LogP) is 5.03. The molecular weight excluding hydrogens is 442 g/mol. The normalized spacial score (nSPS) is 13.2. The smallest absolute Gasteiger partial charge is 0.265 e. The first kappa shape index (κ1) is 21.6. The summed E-state index contributed by atoms with van der Waals surface area (Å²) >= 11 is 0. The predicted molar refractivity (Wildman–Crippen MR) is 136 cm³/mol. The number of ether oxygens (including phenoxy) is 2. The van der Waals surface area contributed by atoms with Gasteiger partial charge in [0.05, 0.1) is 23.0 Å². The number of aryl methyl sites for hydroxylation is 1. The first-order chi connectivity index (χ1) is 17.2. The molecule has 0 saturated carbocycles. The SMILES string of the molecule is CCCCCCCn1cnc2c(c1=O)c1nc3ccccc3nc1n2-c1ccc2c(c1)OCCO2. The first-order valence-electron chi connectivity index (χ1n) is 12.3. The highest BCUT2D eigenvalue weighted by Crippen LogP contribution is 2.35. The lowest BCUT2D eigenvalue weighted by Gasteiger charge is -2.19. The van der Waals surface area contributed by atoms with Crippen LogP contribution in [-0.4, -0.2) is 37.3 Å². The molecule has 8 heteroatoms. The molecule has 0 spiro atoms. The second kappa shape index (κ2) is 9.02. The number of nitrogens with zero attached hydrogens (tertiary/aromatic N) is 5. The summed E-state index contributed by atoms with van der Waals surface area (Å²) in [5.41, 5.74) is 3.92. The molecular formula is C27H27N5O3. The van der Waals surface area contributed by atoms with Crippen LogP contribution in [0.2, 0.25) is 0 Å². The van der Waals surface area contributed by atoms with Crippen LogP contribution in [0.25, 0.3) is 38.9 Å². The van der Waals surface area contributed by atoms with Gasteiger partial charge in [-0.3, -0.25) is 13.9 Å². The highest BCUT2D eigenvalue weighted by molar-refractivity contribution is 6.05. The number of benzene rings is 2. The van der Waals surface area contributed by atoms with E-state index in [0.717, 1.165) is 29.6 Å². The Kier molecular flexibility index (Phi) is 5.56. The standard InChI is InChI=1S/C27H27N5O3/c1-2-3-4-5-8-13-31-17-28-25-23(27(31)33)24-26(30-20-10-7-6-9-19(20)29-24)32(25)18-11-12-21-22(16-18)35-15-14-34-21/h6-7,9-12,16-17H,2-5,8,13-15H2,1H3. The Balaban J connectivity index is 1.55. The molecule has 0 saturated heterocycles. The number of aromatic nitrogens is 5. The van der Waals surface area contributed by atoms with Gasteiger partial charge in [0, 0.05) is 12.6 Å². The molecule has 5 aromatic rings. The minimum Gasteiger partial charge on any atom is -0.486 e. The maximum Gasteiger partial charge on any atom is 0.265 e. The summed E-state index contributed by atoms with van der Waals surface area (Å²) in [4.78, 5) is 28.2. The summed E-state index contributed by atoms with van der Waals surface area (Å²) in [6, 6.07) is 13.4. The summed E-state index contributed by atoms with van der Waals surface area (Å²) < 4.78 is 15.1. The van der Waals surface area contributed by atoms with Crippen molar-refractivity contribution in [1.82, 2.24) is 24.1 Å². The highest BCUT2D eigenvalue weighted by Gasteiger charge is 2.22. The van der Waals surface area contributed by atoms with Crippen LogP contribution in [0.1, 0.15) is 39.0 Å². The fourth-order valence-corrected chi connectivity index (χ4v) is 4.73. The van der Waals surface area contributed by atoms with E-state index in [-0.39, 0.29) is 5.56 Å². The molecule has 0 atom stereocenters. The zero-order chi connectivity index (χ0) is 23.8. The zero-order valence-electron chi connectivity index (χ0n) is 19.7. The van der Waals surface area contributed by atoms with Gasteiger partial charge in [0.2, 0.25) is 0 Å². The van der Waals surface area contributed by atoms with Crippen molar-refractivity contribution in [1.29, 1.82) is 0 Å². The Bertz CT molecular complexity index is 1600. The molecule has 0 radical (unpaired) electrons. The molecule has 3 aromatic heterocycles. The maximum absolute atomic E-state index is 13.7. The van der Waals surface area contributed by atoms with Crippen molar-refractivity contribution in [2.45, 2.75) is 45.6 Å². The average molecular weight is 470 g/mol. The average Bonchev–Trinajstić information content (AvgIpc) is 3.21. The molecule has 4 heterocycles. The Morgan fingerprint density at radius 1 is 0.886 bits per heavy atom. The summed E-state index contributed by atoms with van der Waals surface area (Å²) in [5, 5.41) is 0.490. The van der Waals surface area contributed by atoms with E-state index in [1.54, 1.807) is 10.9 Å². The molecule has 0 bridgehead atoms. The molecule has 8 nitrogen and oxygen atoms in total. The number of hydrogen-bond acceptors (Lipinski definition) is 6. The lowest BCUT2D eigenvalue weighted by molar-refractivity contribution is 0.171. The third-order valence-corrected chi connectivity index (χ3v) is 6.52. The summed E-state index contributed by atoms with van der Waals surface area (Å²) in [6.07, 6.45) is 7.29. The number of hydrogen-bond donors (Lipinski definition) is 0. The fourth-order valence-electron chi connectivity index (χ4n) is 4.73. The van der Waals surface area contributed by atoms with Gasteiger partial charge in [-0.15, -0.1) is 0 Å². The molecule has 178 valence electrons. The molecule has 6 rings (SSSR count). The van der Waals surface area contributed by atoms with E-state index in [2.05, 4.69) is 6.92 Å².